The van der Waals surface area contributed by atoms with E-state index >= 15 is 0 Å². The molecule has 45 heavy (non-hydrogen) atoms. The Morgan fingerprint density at radius 1 is 0.556 bits per heavy atom. The SMILES string of the molecule is NC(=O)[C@H](Cc1ccc(O)cc1)NC(=O)[C@H](Cc1ccc(O)cc1)NC(=O)[C@H](Cc1ccc(O)c(O)c1)NCc1ccccc1. The highest BCUT2D eigenvalue weighted by atomic mass is 16.3. The van der Waals surface area contributed by atoms with Gasteiger partial charge in [-0.1, -0.05) is 60.7 Å². The van der Waals surface area contributed by atoms with Crippen LogP contribution in [-0.2, 0) is 40.2 Å². The number of primary amides is 1. The molecule has 0 aliphatic rings. The monoisotopic (exact) mass is 612 g/mol. The molecule has 0 bridgehead atoms. The minimum Gasteiger partial charge on any atom is -0.508 e. The Bertz CT molecular complexity index is 1600. The van der Waals surface area contributed by atoms with Crippen LogP contribution in [0.5, 0.6) is 23.0 Å². The van der Waals surface area contributed by atoms with Crippen molar-refractivity contribution in [3.63, 3.8) is 0 Å². The molecule has 11 nitrogen and oxygen atoms in total. The zero-order valence-electron chi connectivity index (χ0n) is 24.4. The summed E-state index contributed by atoms with van der Waals surface area (Å²) in [4.78, 5) is 39.8. The smallest absolute Gasteiger partial charge is 0.243 e. The summed E-state index contributed by atoms with van der Waals surface area (Å²) < 4.78 is 0. The van der Waals surface area contributed by atoms with Crippen molar-refractivity contribution in [2.24, 2.45) is 5.73 Å². The average molecular weight is 613 g/mol. The third-order valence-electron chi connectivity index (χ3n) is 7.24. The Morgan fingerprint density at radius 3 is 1.60 bits per heavy atom. The van der Waals surface area contributed by atoms with Gasteiger partial charge in [0.1, 0.15) is 23.6 Å². The Kier molecular flexibility index (Phi) is 11.0. The molecule has 0 aliphatic carbocycles. The number of carbonyl (C=O) groups excluding carboxylic acids is 3. The highest BCUT2D eigenvalue weighted by Crippen LogP contribution is 2.25. The van der Waals surface area contributed by atoms with Crippen molar-refractivity contribution in [2.75, 3.05) is 0 Å². The first-order valence-electron chi connectivity index (χ1n) is 14.3. The van der Waals surface area contributed by atoms with E-state index in [1.165, 1.54) is 36.4 Å². The van der Waals surface area contributed by atoms with Crippen LogP contribution < -0.4 is 21.7 Å². The molecule has 0 fully saturated rings. The van der Waals surface area contributed by atoms with Crippen LogP contribution in [0.15, 0.2) is 97.1 Å². The molecule has 9 N–H and O–H groups in total. The molecular formula is C34H36N4O7. The molecule has 4 aromatic carbocycles. The van der Waals surface area contributed by atoms with E-state index in [9.17, 15) is 34.8 Å². The van der Waals surface area contributed by atoms with Gasteiger partial charge in [-0.3, -0.25) is 14.4 Å². The first-order chi connectivity index (χ1) is 21.6. The van der Waals surface area contributed by atoms with Crippen LogP contribution in [-0.4, -0.2) is 56.3 Å². The number of hydrogen-bond donors (Lipinski definition) is 8. The van der Waals surface area contributed by atoms with Crippen LogP contribution >= 0.6 is 0 Å². The molecule has 0 radical (unpaired) electrons. The second-order valence-electron chi connectivity index (χ2n) is 10.7. The maximum atomic E-state index is 13.8. The quantitative estimate of drug-likeness (QED) is 0.0992. The number of phenols is 4. The molecule has 0 spiro atoms. The number of aromatic hydroxyl groups is 4. The molecule has 3 amide bonds. The predicted molar refractivity (Wildman–Crippen MR) is 167 cm³/mol. The number of phenolic OH excluding ortho intramolecular Hbond substituents is 4. The van der Waals surface area contributed by atoms with Crippen LogP contribution in [0.2, 0.25) is 0 Å². The van der Waals surface area contributed by atoms with E-state index in [1.54, 1.807) is 30.3 Å². The number of hydrogen-bond acceptors (Lipinski definition) is 8. The number of benzene rings is 4. The van der Waals surface area contributed by atoms with Crippen molar-refractivity contribution in [2.45, 2.75) is 43.9 Å². The number of carbonyl (C=O) groups is 3. The lowest BCUT2D eigenvalue weighted by atomic mass is 10.0. The largest absolute Gasteiger partial charge is 0.508 e. The zero-order valence-corrected chi connectivity index (χ0v) is 24.4. The van der Waals surface area contributed by atoms with Gasteiger partial charge in [0, 0.05) is 19.4 Å². The van der Waals surface area contributed by atoms with Crippen molar-refractivity contribution in [1.29, 1.82) is 0 Å². The summed E-state index contributed by atoms with van der Waals surface area (Å²) in [6, 6.07) is 22.9. The number of rotatable bonds is 14. The topological polar surface area (TPSA) is 194 Å². The molecule has 4 aromatic rings. The van der Waals surface area contributed by atoms with Gasteiger partial charge in [0.25, 0.3) is 0 Å². The maximum Gasteiger partial charge on any atom is 0.243 e. The van der Waals surface area contributed by atoms with Crippen molar-refractivity contribution in [3.05, 3.63) is 119 Å². The summed E-state index contributed by atoms with van der Waals surface area (Å²) in [6.45, 7) is 0.328. The lowest BCUT2D eigenvalue weighted by Crippen LogP contribution is -2.57. The van der Waals surface area contributed by atoms with Gasteiger partial charge in [-0.05, 0) is 65.1 Å². The molecule has 3 atom stereocenters. The second-order valence-corrected chi connectivity index (χ2v) is 10.7. The summed E-state index contributed by atoms with van der Waals surface area (Å²) in [7, 11) is 0. The molecule has 4 rings (SSSR count). The van der Waals surface area contributed by atoms with Crippen molar-refractivity contribution >= 4 is 17.7 Å². The molecule has 0 aromatic heterocycles. The highest BCUT2D eigenvalue weighted by molar-refractivity contribution is 5.93. The van der Waals surface area contributed by atoms with Gasteiger partial charge in [-0.15, -0.1) is 0 Å². The van der Waals surface area contributed by atoms with Gasteiger partial charge in [-0.2, -0.15) is 0 Å². The number of nitrogens with one attached hydrogen (secondary N) is 3. The fourth-order valence-corrected chi connectivity index (χ4v) is 4.74. The summed E-state index contributed by atoms with van der Waals surface area (Å²) in [6.07, 6.45) is 0.214. The number of nitrogens with two attached hydrogens (primary N) is 1. The third-order valence-corrected chi connectivity index (χ3v) is 7.24. The van der Waals surface area contributed by atoms with Gasteiger partial charge in [0.05, 0.1) is 6.04 Å². The molecule has 0 saturated carbocycles. The van der Waals surface area contributed by atoms with E-state index in [0.717, 1.165) is 5.56 Å². The van der Waals surface area contributed by atoms with Gasteiger partial charge in [-0.25, -0.2) is 0 Å². The molecule has 0 saturated heterocycles. The first kappa shape index (κ1) is 32.4. The van der Waals surface area contributed by atoms with Crippen LogP contribution in [0.1, 0.15) is 22.3 Å². The Hall–Kier alpha value is -5.55. The van der Waals surface area contributed by atoms with E-state index in [4.69, 9.17) is 5.73 Å². The summed E-state index contributed by atoms with van der Waals surface area (Å²) in [5, 5.41) is 47.7. The van der Waals surface area contributed by atoms with E-state index < -0.39 is 35.8 Å². The van der Waals surface area contributed by atoms with Crippen LogP contribution in [0.25, 0.3) is 0 Å². The molecule has 0 aliphatic heterocycles. The molecule has 0 unspecified atom stereocenters. The Labute approximate surface area is 260 Å². The van der Waals surface area contributed by atoms with Crippen LogP contribution in [0, 0.1) is 0 Å². The maximum absolute atomic E-state index is 13.8. The van der Waals surface area contributed by atoms with E-state index in [2.05, 4.69) is 16.0 Å². The van der Waals surface area contributed by atoms with Gasteiger partial charge in [0.2, 0.25) is 17.7 Å². The lowest BCUT2D eigenvalue weighted by Gasteiger charge is -2.25. The summed E-state index contributed by atoms with van der Waals surface area (Å²) in [5.74, 6) is -2.48. The molecule has 11 heteroatoms. The van der Waals surface area contributed by atoms with Gasteiger partial charge in [0.15, 0.2) is 11.5 Å². The van der Waals surface area contributed by atoms with Crippen molar-refractivity contribution < 1.29 is 34.8 Å². The zero-order chi connectivity index (χ0) is 32.3. The minimum atomic E-state index is -1.14. The first-order valence-corrected chi connectivity index (χ1v) is 14.3. The normalized spacial score (nSPS) is 12.9. The molecular weight excluding hydrogens is 576 g/mol. The minimum absolute atomic E-state index is 0.0357. The standard InChI is InChI=1S/C34H36N4O7/c35-32(43)27(16-21-6-11-25(39)12-7-21)37-34(45)29(17-22-8-13-26(40)14-9-22)38-33(44)28(36-20-23-4-2-1-3-5-23)18-24-10-15-30(41)31(42)19-24/h1-15,19,27-29,36,39-42H,16-18,20H2,(H2,35,43)(H,37,45)(H,38,44)/t27-,28-,29-/m0/s1. The predicted octanol–water partition coefficient (Wildman–Crippen LogP) is 2.15. The van der Waals surface area contributed by atoms with Crippen molar-refractivity contribution in [1.82, 2.24) is 16.0 Å². The highest BCUT2D eigenvalue weighted by Gasteiger charge is 2.29. The van der Waals surface area contributed by atoms with Gasteiger partial charge >= 0.3 is 0 Å². The van der Waals surface area contributed by atoms with E-state index in [1.807, 2.05) is 30.3 Å². The Balaban J connectivity index is 1.57. The van der Waals surface area contributed by atoms with Crippen LogP contribution in [0.3, 0.4) is 0 Å². The fraction of sp³-hybridized carbons (Fsp3) is 0.206. The lowest BCUT2D eigenvalue weighted by molar-refractivity contribution is -0.132. The summed E-state index contributed by atoms with van der Waals surface area (Å²) >= 11 is 0. The number of amides is 3. The molecule has 0 heterocycles. The Morgan fingerprint density at radius 2 is 1.04 bits per heavy atom. The van der Waals surface area contributed by atoms with Gasteiger partial charge < -0.3 is 42.1 Å². The second kappa shape index (κ2) is 15.3. The molecule has 234 valence electrons. The average Bonchev–Trinajstić information content (AvgIpc) is 3.02. The fourth-order valence-electron chi connectivity index (χ4n) is 4.74. The van der Waals surface area contributed by atoms with Crippen LogP contribution in [0.4, 0.5) is 0 Å². The van der Waals surface area contributed by atoms with E-state index in [-0.39, 0.29) is 42.3 Å². The summed E-state index contributed by atoms with van der Waals surface area (Å²) in [5.41, 5.74) is 8.39. The third kappa shape index (κ3) is 9.73. The van der Waals surface area contributed by atoms with Crippen molar-refractivity contribution in [3.8, 4) is 23.0 Å². The van der Waals surface area contributed by atoms with E-state index in [0.29, 0.717) is 23.2 Å².